The second-order valence-electron chi connectivity index (χ2n) is 8.92. The van der Waals surface area contributed by atoms with Gasteiger partial charge in [-0.15, -0.1) is 0 Å². The lowest BCUT2D eigenvalue weighted by Crippen LogP contribution is -2.33. The fourth-order valence-corrected chi connectivity index (χ4v) is 4.94. The van der Waals surface area contributed by atoms with E-state index in [2.05, 4.69) is 0 Å². The number of aryl methyl sites for hydroxylation is 1. The van der Waals surface area contributed by atoms with Crippen LogP contribution in [0.5, 0.6) is 11.5 Å². The predicted octanol–water partition coefficient (Wildman–Crippen LogP) is 3.90. The summed E-state index contributed by atoms with van der Waals surface area (Å²) in [5, 5.41) is 0. The Morgan fingerprint density at radius 3 is 2.61 bits per heavy atom. The lowest BCUT2D eigenvalue weighted by molar-refractivity contribution is -0.132. The number of nitrogens with zero attached hydrogens (tertiary/aromatic N) is 2. The van der Waals surface area contributed by atoms with Gasteiger partial charge in [0, 0.05) is 25.9 Å². The van der Waals surface area contributed by atoms with Crippen LogP contribution in [0.4, 0.5) is 0 Å². The molecule has 0 radical (unpaired) electrons. The zero-order valence-electron chi connectivity index (χ0n) is 18.8. The first-order valence-corrected chi connectivity index (χ1v) is 11.7. The minimum absolute atomic E-state index is 0.0110. The van der Waals surface area contributed by atoms with Crippen molar-refractivity contribution in [3.8, 4) is 11.5 Å². The van der Waals surface area contributed by atoms with Crippen LogP contribution in [0.15, 0.2) is 36.4 Å². The van der Waals surface area contributed by atoms with E-state index in [1.807, 2.05) is 36.1 Å². The van der Waals surface area contributed by atoms with Crippen molar-refractivity contribution in [2.24, 2.45) is 0 Å². The molecule has 1 fully saturated rings. The Kier molecular flexibility index (Phi) is 5.79. The summed E-state index contributed by atoms with van der Waals surface area (Å²) in [4.78, 5) is 41.5. The first-order chi connectivity index (χ1) is 16.0. The second-order valence-corrected chi connectivity index (χ2v) is 8.92. The number of fused-ring (bicyclic) bond motifs is 2. The maximum atomic E-state index is 13.1. The fourth-order valence-electron chi connectivity index (χ4n) is 4.94. The molecule has 3 amide bonds. The van der Waals surface area contributed by atoms with Gasteiger partial charge in [0.15, 0.2) is 11.5 Å². The third-order valence-corrected chi connectivity index (χ3v) is 6.63. The number of ether oxygens (including phenoxy) is 2. The number of likely N-dealkylation sites (tertiary alicyclic amines) is 1. The smallest absolute Gasteiger partial charge is 0.261 e. The van der Waals surface area contributed by atoms with E-state index in [-0.39, 0.29) is 30.3 Å². The van der Waals surface area contributed by atoms with Gasteiger partial charge in [0.05, 0.1) is 30.4 Å². The van der Waals surface area contributed by atoms with Crippen LogP contribution in [-0.4, -0.2) is 53.8 Å². The van der Waals surface area contributed by atoms with E-state index in [4.69, 9.17) is 9.47 Å². The Morgan fingerprint density at radius 1 is 0.970 bits per heavy atom. The maximum Gasteiger partial charge on any atom is 0.261 e. The molecule has 5 rings (SSSR count). The van der Waals surface area contributed by atoms with Crippen LogP contribution in [-0.2, 0) is 4.79 Å². The maximum absolute atomic E-state index is 13.1. The number of imide groups is 1. The van der Waals surface area contributed by atoms with Crippen molar-refractivity contribution in [1.82, 2.24) is 9.80 Å². The topological polar surface area (TPSA) is 76.2 Å². The molecule has 7 nitrogen and oxygen atoms in total. The molecule has 2 aromatic rings. The monoisotopic (exact) mass is 448 g/mol. The van der Waals surface area contributed by atoms with Crippen molar-refractivity contribution >= 4 is 17.7 Å². The molecular formula is C26H28N2O5. The molecule has 0 unspecified atom stereocenters. The van der Waals surface area contributed by atoms with Crippen molar-refractivity contribution in [2.75, 3.05) is 26.3 Å². The lowest BCUT2D eigenvalue weighted by Gasteiger charge is -2.26. The summed E-state index contributed by atoms with van der Waals surface area (Å²) < 4.78 is 11.5. The Morgan fingerprint density at radius 2 is 1.76 bits per heavy atom. The van der Waals surface area contributed by atoms with Gasteiger partial charge in [-0.05, 0) is 56.0 Å². The van der Waals surface area contributed by atoms with Crippen LogP contribution in [0.3, 0.4) is 0 Å². The minimum Gasteiger partial charge on any atom is -0.490 e. The number of rotatable bonds is 5. The van der Waals surface area contributed by atoms with Crippen molar-refractivity contribution in [1.29, 1.82) is 0 Å². The molecule has 0 aliphatic carbocycles. The molecule has 7 heteroatoms. The first kappa shape index (κ1) is 21.5. The number of benzene rings is 2. The van der Waals surface area contributed by atoms with Crippen LogP contribution in [0.25, 0.3) is 0 Å². The SMILES string of the molecule is Cc1ccc2c(c1)C(=O)N(CCCC(=O)N1CCC[C@@H]1c1ccc3c(c1)OCCCO3)C2=O. The van der Waals surface area contributed by atoms with Gasteiger partial charge in [-0.25, -0.2) is 0 Å². The Labute approximate surface area is 193 Å². The summed E-state index contributed by atoms with van der Waals surface area (Å²) in [6.07, 6.45) is 3.46. The first-order valence-electron chi connectivity index (χ1n) is 11.7. The van der Waals surface area contributed by atoms with Gasteiger partial charge < -0.3 is 14.4 Å². The van der Waals surface area contributed by atoms with Crippen LogP contribution < -0.4 is 9.47 Å². The summed E-state index contributed by atoms with van der Waals surface area (Å²) in [6.45, 7) is 4.13. The molecule has 172 valence electrons. The molecule has 2 aromatic carbocycles. The average Bonchev–Trinajstić information content (AvgIpc) is 3.29. The number of hydrogen-bond donors (Lipinski definition) is 0. The van der Waals surface area contributed by atoms with E-state index in [0.717, 1.165) is 41.9 Å². The van der Waals surface area contributed by atoms with Crippen LogP contribution in [0.1, 0.15) is 70.0 Å². The number of hydrogen-bond acceptors (Lipinski definition) is 5. The van der Waals surface area contributed by atoms with Gasteiger partial charge in [-0.2, -0.15) is 0 Å². The molecule has 3 heterocycles. The van der Waals surface area contributed by atoms with Crippen molar-refractivity contribution in [3.63, 3.8) is 0 Å². The number of carbonyl (C=O) groups excluding carboxylic acids is 3. The molecule has 1 saturated heterocycles. The Balaban J connectivity index is 1.21. The van der Waals surface area contributed by atoms with E-state index in [1.165, 1.54) is 4.90 Å². The summed E-state index contributed by atoms with van der Waals surface area (Å²) in [6, 6.07) is 11.3. The van der Waals surface area contributed by atoms with Crippen molar-refractivity contribution in [2.45, 2.75) is 45.1 Å². The quantitative estimate of drug-likeness (QED) is 0.649. The van der Waals surface area contributed by atoms with Gasteiger partial charge in [0.2, 0.25) is 5.91 Å². The molecular weight excluding hydrogens is 420 g/mol. The normalized spacial score (nSPS) is 19.6. The Bertz CT molecular complexity index is 1110. The molecule has 0 bridgehead atoms. The standard InChI is InChI=1S/C26H28N2O5/c1-17-7-9-19-20(15-17)26(31)28(25(19)30)12-3-6-24(29)27-11-2-5-21(27)18-8-10-22-23(16-18)33-14-4-13-32-22/h7-10,15-16,21H,2-6,11-14H2,1H3/t21-/m1/s1. The summed E-state index contributed by atoms with van der Waals surface area (Å²) in [5.41, 5.74) is 2.91. The van der Waals surface area contributed by atoms with E-state index in [1.54, 1.807) is 12.1 Å². The van der Waals surface area contributed by atoms with Crippen LogP contribution >= 0.6 is 0 Å². The molecule has 33 heavy (non-hydrogen) atoms. The van der Waals surface area contributed by atoms with Gasteiger partial charge in [-0.1, -0.05) is 17.7 Å². The predicted molar refractivity (Wildman–Crippen MR) is 122 cm³/mol. The van der Waals surface area contributed by atoms with E-state index < -0.39 is 0 Å². The summed E-state index contributed by atoms with van der Waals surface area (Å²) in [7, 11) is 0. The zero-order valence-corrected chi connectivity index (χ0v) is 18.8. The fraction of sp³-hybridized carbons (Fsp3) is 0.423. The van der Waals surface area contributed by atoms with Crippen molar-refractivity contribution in [3.05, 3.63) is 58.7 Å². The third kappa shape index (κ3) is 4.08. The highest BCUT2D eigenvalue weighted by atomic mass is 16.5. The highest BCUT2D eigenvalue weighted by Crippen LogP contribution is 2.38. The molecule has 3 aliphatic rings. The van der Waals surface area contributed by atoms with Gasteiger partial charge in [0.1, 0.15) is 0 Å². The van der Waals surface area contributed by atoms with Crippen molar-refractivity contribution < 1.29 is 23.9 Å². The van der Waals surface area contributed by atoms with E-state index in [9.17, 15) is 14.4 Å². The highest BCUT2D eigenvalue weighted by molar-refractivity contribution is 6.21. The minimum atomic E-state index is -0.270. The molecule has 0 spiro atoms. The number of carbonyl (C=O) groups is 3. The Hall–Kier alpha value is -3.35. The van der Waals surface area contributed by atoms with Gasteiger partial charge >= 0.3 is 0 Å². The van der Waals surface area contributed by atoms with Crippen LogP contribution in [0, 0.1) is 6.92 Å². The molecule has 0 N–H and O–H groups in total. The summed E-state index contributed by atoms with van der Waals surface area (Å²) >= 11 is 0. The van der Waals surface area contributed by atoms with Gasteiger partial charge in [0.25, 0.3) is 11.8 Å². The van der Waals surface area contributed by atoms with Crippen LogP contribution in [0.2, 0.25) is 0 Å². The van der Waals surface area contributed by atoms with E-state index >= 15 is 0 Å². The second kappa shape index (κ2) is 8.89. The van der Waals surface area contributed by atoms with Gasteiger partial charge in [-0.3, -0.25) is 19.3 Å². The highest BCUT2D eigenvalue weighted by Gasteiger charge is 2.36. The molecule has 3 aliphatic heterocycles. The summed E-state index contributed by atoms with van der Waals surface area (Å²) in [5.74, 6) is 1.01. The average molecular weight is 449 g/mol. The lowest BCUT2D eigenvalue weighted by atomic mass is 10.0. The third-order valence-electron chi connectivity index (χ3n) is 6.63. The zero-order chi connectivity index (χ0) is 22.9. The number of amides is 3. The largest absolute Gasteiger partial charge is 0.490 e. The molecule has 1 atom stereocenters. The van der Waals surface area contributed by atoms with E-state index in [0.29, 0.717) is 43.7 Å². The molecule has 0 aromatic heterocycles. The molecule has 0 saturated carbocycles.